The molecular weight excluding hydrogens is 202 g/mol. The van der Waals surface area contributed by atoms with Crippen molar-refractivity contribution in [3.05, 3.63) is 12.3 Å². The lowest BCUT2D eigenvalue weighted by atomic mass is 10.4. The number of aromatic nitrogens is 2. The summed E-state index contributed by atoms with van der Waals surface area (Å²) in [6.45, 7) is 4.59. The van der Waals surface area contributed by atoms with Crippen LogP contribution in [0.2, 0.25) is 0 Å². The second kappa shape index (κ2) is 6.27. The molecule has 0 spiro atoms. The van der Waals surface area contributed by atoms with Gasteiger partial charge in [-0.1, -0.05) is 6.92 Å². The molecule has 0 amide bonds. The van der Waals surface area contributed by atoms with Gasteiger partial charge in [-0.2, -0.15) is 4.98 Å². The summed E-state index contributed by atoms with van der Waals surface area (Å²) in [5, 5.41) is 0. The molecule has 0 aliphatic carbocycles. The van der Waals surface area contributed by atoms with Crippen LogP contribution < -0.4 is 15.5 Å². The lowest BCUT2D eigenvalue weighted by Gasteiger charge is -2.23. The predicted octanol–water partition coefficient (Wildman–Crippen LogP) is 0.718. The Bertz CT molecular complexity index is 307. The summed E-state index contributed by atoms with van der Waals surface area (Å²) in [4.78, 5) is 12.8. The van der Waals surface area contributed by atoms with Gasteiger partial charge in [0.1, 0.15) is 5.82 Å². The van der Waals surface area contributed by atoms with Crippen LogP contribution in [0.3, 0.4) is 0 Å². The van der Waals surface area contributed by atoms with E-state index in [2.05, 4.69) is 21.8 Å². The molecule has 0 bridgehead atoms. The van der Waals surface area contributed by atoms with Crippen LogP contribution >= 0.6 is 0 Å². The van der Waals surface area contributed by atoms with Crippen molar-refractivity contribution in [2.75, 3.05) is 43.5 Å². The van der Waals surface area contributed by atoms with E-state index in [9.17, 15) is 0 Å². The van der Waals surface area contributed by atoms with Crippen molar-refractivity contribution >= 4 is 11.8 Å². The highest BCUT2D eigenvalue weighted by Crippen LogP contribution is 2.13. The van der Waals surface area contributed by atoms with Crippen LogP contribution in [0.25, 0.3) is 0 Å². The third-order valence-electron chi connectivity index (χ3n) is 2.24. The van der Waals surface area contributed by atoms with Gasteiger partial charge in [0, 0.05) is 39.9 Å². The van der Waals surface area contributed by atoms with Crippen molar-refractivity contribution in [2.24, 2.45) is 5.73 Å². The number of rotatable bonds is 6. The Morgan fingerprint density at radius 1 is 1.31 bits per heavy atom. The van der Waals surface area contributed by atoms with Gasteiger partial charge >= 0.3 is 0 Å². The lowest BCUT2D eigenvalue weighted by Crippen LogP contribution is -2.31. The van der Waals surface area contributed by atoms with Gasteiger partial charge in [0.25, 0.3) is 0 Å². The fourth-order valence-corrected chi connectivity index (χ4v) is 1.50. The zero-order valence-corrected chi connectivity index (χ0v) is 10.3. The first-order valence-corrected chi connectivity index (χ1v) is 5.64. The molecule has 5 nitrogen and oxygen atoms in total. The van der Waals surface area contributed by atoms with Gasteiger partial charge < -0.3 is 15.5 Å². The van der Waals surface area contributed by atoms with Crippen LogP contribution in [-0.4, -0.2) is 43.7 Å². The van der Waals surface area contributed by atoms with E-state index < -0.39 is 0 Å². The van der Waals surface area contributed by atoms with E-state index in [1.54, 1.807) is 6.20 Å². The highest BCUT2D eigenvalue weighted by atomic mass is 15.3. The van der Waals surface area contributed by atoms with Gasteiger partial charge in [0.2, 0.25) is 5.95 Å². The van der Waals surface area contributed by atoms with E-state index in [4.69, 9.17) is 5.73 Å². The summed E-state index contributed by atoms with van der Waals surface area (Å²) in [5.41, 5.74) is 5.60. The second-order valence-corrected chi connectivity index (χ2v) is 3.88. The summed E-state index contributed by atoms with van der Waals surface area (Å²) >= 11 is 0. The van der Waals surface area contributed by atoms with Gasteiger partial charge in [-0.25, -0.2) is 4.98 Å². The van der Waals surface area contributed by atoms with Gasteiger partial charge in [0.15, 0.2) is 0 Å². The summed E-state index contributed by atoms with van der Waals surface area (Å²) in [5.74, 6) is 1.68. The van der Waals surface area contributed by atoms with E-state index in [-0.39, 0.29) is 0 Å². The average Bonchev–Trinajstić information content (AvgIpc) is 2.29. The van der Waals surface area contributed by atoms with Crippen molar-refractivity contribution in [2.45, 2.75) is 13.3 Å². The summed E-state index contributed by atoms with van der Waals surface area (Å²) in [7, 11) is 3.87. The topological polar surface area (TPSA) is 58.3 Å². The molecule has 0 saturated carbocycles. The predicted molar refractivity (Wildman–Crippen MR) is 67.9 cm³/mol. The highest BCUT2D eigenvalue weighted by molar-refractivity contribution is 5.43. The Balaban J connectivity index is 2.86. The quantitative estimate of drug-likeness (QED) is 0.770. The molecule has 0 fully saturated rings. The number of nitrogens with zero attached hydrogens (tertiary/aromatic N) is 4. The smallest absolute Gasteiger partial charge is 0.226 e. The molecule has 1 rings (SSSR count). The minimum atomic E-state index is 0.640. The molecule has 0 aliphatic heterocycles. The van der Waals surface area contributed by atoms with E-state index in [0.29, 0.717) is 6.54 Å². The van der Waals surface area contributed by atoms with E-state index >= 15 is 0 Å². The number of nitrogens with two attached hydrogens (primary N) is 1. The number of hydrogen-bond donors (Lipinski definition) is 1. The first-order chi connectivity index (χ1) is 7.69. The number of anilines is 2. The molecule has 2 N–H and O–H groups in total. The summed E-state index contributed by atoms with van der Waals surface area (Å²) in [6.07, 6.45) is 2.87. The molecule has 1 aromatic rings. The molecule has 0 atom stereocenters. The Kier molecular flexibility index (Phi) is 4.98. The number of hydrogen-bond acceptors (Lipinski definition) is 5. The Morgan fingerprint density at radius 2 is 2.06 bits per heavy atom. The van der Waals surface area contributed by atoms with Crippen LogP contribution in [0.15, 0.2) is 12.3 Å². The van der Waals surface area contributed by atoms with Crippen molar-refractivity contribution in [3.8, 4) is 0 Å². The van der Waals surface area contributed by atoms with Crippen LogP contribution in [0.1, 0.15) is 13.3 Å². The minimum absolute atomic E-state index is 0.640. The third-order valence-corrected chi connectivity index (χ3v) is 2.24. The van der Waals surface area contributed by atoms with Gasteiger partial charge in [-0.15, -0.1) is 0 Å². The van der Waals surface area contributed by atoms with Crippen LogP contribution in [-0.2, 0) is 0 Å². The molecule has 0 aliphatic rings. The minimum Gasteiger partial charge on any atom is -0.355 e. The normalized spacial score (nSPS) is 10.2. The molecule has 0 unspecified atom stereocenters. The zero-order valence-electron chi connectivity index (χ0n) is 10.3. The SMILES string of the molecule is CCCN(CCN)c1ccnc(N(C)C)n1. The van der Waals surface area contributed by atoms with Crippen molar-refractivity contribution < 1.29 is 0 Å². The van der Waals surface area contributed by atoms with Crippen molar-refractivity contribution in [1.82, 2.24) is 9.97 Å². The molecule has 0 radical (unpaired) electrons. The molecular formula is C11H21N5. The van der Waals surface area contributed by atoms with Gasteiger partial charge in [-0.3, -0.25) is 0 Å². The summed E-state index contributed by atoms with van der Waals surface area (Å²) in [6, 6.07) is 1.93. The summed E-state index contributed by atoms with van der Waals surface area (Å²) < 4.78 is 0. The molecule has 90 valence electrons. The maximum Gasteiger partial charge on any atom is 0.226 e. The molecule has 0 aromatic carbocycles. The lowest BCUT2D eigenvalue weighted by molar-refractivity contribution is 0.748. The first-order valence-electron chi connectivity index (χ1n) is 5.64. The fourth-order valence-electron chi connectivity index (χ4n) is 1.50. The second-order valence-electron chi connectivity index (χ2n) is 3.88. The first kappa shape index (κ1) is 12.7. The van der Waals surface area contributed by atoms with Crippen molar-refractivity contribution in [3.63, 3.8) is 0 Å². The van der Waals surface area contributed by atoms with Crippen molar-refractivity contribution in [1.29, 1.82) is 0 Å². The Labute approximate surface area is 97.3 Å². The van der Waals surface area contributed by atoms with E-state index in [1.165, 1.54) is 0 Å². The molecule has 0 saturated heterocycles. The maximum absolute atomic E-state index is 5.60. The van der Waals surface area contributed by atoms with Crippen LogP contribution in [0.4, 0.5) is 11.8 Å². The van der Waals surface area contributed by atoms with Crippen LogP contribution in [0.5, 0.6) is 0 Å². The largest absolute Gasteiger partial charge is 0.355 e. The molecule has 1 heterocycles. The highest BCUT2D eigenvalue weighted by Gasteiger charge is 2.08. The van der Waals surface area contributed by atoms with E-state index in [0.717, 1.165) is 31.3 Å². The zero-order chi connectivity index (χ0) is 12.0. The van der Waals surface area contributed by atoms with Crippen LogP contribution in [0, 0.1) is 0 Å². The fraction of sp³-hybridized carbons (Fsp3) is 0.636. The molecule has 5 heteroatoms. The maximum atomic E-state index is 5.60. The van der Waals surface area contributed by atoms with E-state index in [1.807, 2.05) is 25.1 Å². The van der Waals surface area contributed by atoms with Gasteiger partial charge in [-0.05, 0) is 12.5 Å². The van der Waals surface area contributed by atoms with Gasteiger partial charge in [0.05, 0.1) is 0 Å². The Morgan fingerprint density at radius 3 is 2.62 bits per heavy atom. The molecule has 16 heavy (non-hydrogen) atoms. The molecule has 1 aromatic heterocycles. The average molecular weight is 223 g/mol. The Hall–Kier alpha value is -1.36. The standard InChI is InChI=1S/C11H21N5/c1-4-8-16(9-6-12)10-5-7-13-11(14-10)15(2)3/h5,7H,4,6,8-9,12H2,1-3H3. The monoisotopic (exact) mass is 223 g/mol. The third kappa shape index (κ3) is 3.34.